The molecule has 0 aliphatic carbocycles. The molecule has 2 aromatic rings. The lowest BCUT2D eigenvalue weighted by molar-refractivity contribution is 0.535. The van der Waals surface area contributed by atoms with Gasteiger partial charge in [0.2, 0.25) is 0 Å². The van der Waals surface area contributed by atoms with Gasteiger partial charge in [-0.05, 0) is 51.3 Å². The molecule has 8 heteroatoms. The van der Waals surface area contributed by atoms with Crippen molar-refractivity contribution in [2.45, 2.75) is 40.2 Å². The summed E-state index contributed by atoms with van der Waals surface area (Å²) in [6, 6.07) is 8.31. The van der Waals surface area contributed by atoms with E-state index in [1.807, 2.05) is 13.0 Å². The number of thioether (sulfide) groups is 1. The lowest BCUT2D eigenvalue weighted by atomic mass is 10.1. The minimum atomic E-state index is -2.92. The highest BCUT2D eigenvalue weighted by molar-refractivity contribution is 8.14. The number of aryl methyl sites for hydroxylation is 3. The highest BCUT2D eigenvalue weighted by Crippen LogP contribution is 2.31. The van der Waals surface area contributed by atoms with Crippen LogP contribution in [0.4, 0.5) is 5.69 Å². The molecule has 2 aliphatic rings. The van der Waals surface area contributed by atoms with Crippen molar-refractivity contribution in [3.63, 3.8) is 0 Å². The fourth-order valence-corrected chi connectivity index (χ4v) is 6.66. The van der Waals surface area contributed by atoms with Gasteiger partial charge in [0.25, 0.3) is 0 Å². The number of aliphatic imine (C=N–C) groups is 1. The van der Waals surface area contributed by atoms with Crippen LogP contribution in [-0.4, -0.2) is 41.1 Å². The molecule has 1 aromatic heterocycles. The number of nitrogens with one attached hydrogen (secondary N) is 1. The van der Waals surface area contributed by atoms with Crippen molar-refractivity contribution in [1.82, 2.24) is 9.99 Å². The van der Waals surface area contributed by atoms with Gasteiger partial charge < -0.3 is 4.57 Å². The van der Waals surface area contributed by atoms with Crippen LogP contribution in [0.25, 0.3) is 0 Å². The predicted octanol–water partition coefficient (Wildman–Crippen LogP) is 3.81. The van der Waals surface area contributed by atoms with E-state index in [4.69, 9.17) is 4.99 Å². The maximum absolute atomic E-state index is 11.9. The molecule has 154 valence electrons. The first kappa shape index (κ1) is 20.2. The van der Waals surface area contributed by atoms with Gasteiger partial charge in [-0.1, -0.05) is 30.0 Å². The minimum absolute atomic E-state index is 0.0275. The standard InChI is InChI=1S/C21H26N4O2S2/c1-13-6-5-7-14(2)20(13)22-21-24-23-19(11-28-21)18-10-15(3)25(16(18)4)17-8-9-29(26,27)12-17/h5-7,10,17H,8-9,11-12H2,1-4H3,(H,22,24)/t17-/m0/s1. The van der Waals surface area contributed by atoms with Gasteiger partial charge in [0.15, 0.2) is 15.0 Å². The predicted molar refractivity (Wildman–Crippen MR) is 121 cm³/mol. The topological polar surface area (TPSA) is 75.8 Å². The van der Waals surface area contributed by atoms with Crippen molar-refractivity contribution in [3.05, 3.63) is 52.3 Å². The fraction of sp³-hybridized carbons (Fsp3) is 0.429. The summed E-state index contributed by atoms with van der Waals surface area (Å²) < 4.78 is 26.0. The summed E-state index contributed by atoms with van der Waals surface area (Å²) in [6.45, 7) is 8.22. The van der Waals surface area contributed by atoms with Crippen LogP contribution in [-0.2, 0) is 9.84 Å². The van der Waals surface area contributed by atoms with Crippen molar-refractivity contribution in [2.24, 2.45) is 10.1 Å². The summed E-state index contributed by atoms with van der Waals surface area (Å²) in [6.07, 6.45) is 0.685. The van der Waals surface area contributed by atoms with E-state index < -0.39 is 9.84 Å². The summed E-state index contributed by atoms with van der Waals surface area (Å²) in [5.74, 6) is 1.24. The first-order chi connectivity index (χ1) is 13.7. The Bertz CT molecular complexity index is 1110. The Balaban J connectivity index is 1.58. The second-order valence-corrected chi connectivity index (χ2v) is 11.0. The van der Waals surface area contributed by atoms with Crippen molar-refractivity contribution in [3.8, 4) is 0 Å². The molecule has 1 N–H and O–H groups in total. The van der Waals surface area contributed by atoms with Gasteiger partial charge in [-0.15, -0.1) is 0 Å². The second-order valence-electron chi connectivity index (χ2n) is 7.83. The number of hydrogen-bond donors (Lipinski definition) is 1. The first-order valence-electron chi connectivity index (χ1n) is 9.74. The second kappa shape index (κ2) is 7.65. The Morgan fingerprint density at radius 3 is 2.52 bits per heavy atom. The third kappa shape index (κ3) is 4.00. The lowest BCUT2D eigenvalue weighted by Gasteiger charge is -2.18. The van der Waals surface area contributed by atoms with E-state index in [-0.39, 0.29) is 17.5 Å². The maximum Gasteiger partial charge on any atom is 0.182 e. The molecule has 0 saturated carbocycles. The van der Waals surface area contributed by atoms with Crippen LogP contribution in [0.3, 0.4) is 0 Å². The molecule has 0 unspecified atom stereocenters. The van der Waals surface area contributed by atoms with Crippen LogP contribution in [0.15, 0.2) is 34.4 Å². The van der Waals surface area contributed by atoms with Crippen molar-refractivity contribution in [1.29, 1.82) is 0 Å². The molecule has 4 rings (SSSR count). The van der Waals surface area contributed by atoms with E-state index in [0.717, 1.165) is 50.4 Å². The Kier molecular flexibility index (Phi) is 5.33. The van der Waals surface area contributed by atoms with Gasteiger partial charge >= 0.3 is 0 Å². The van der Waals surface area contributed by atoms with Gasteiger partial charge in [-0.25, -0.2) is 13.4 Å². The third-order valence-electron chi connectivity index (χ3n) is 5.65. The molecule has 1 fully saturated rings. The van der Waals surface area contributed by atoms with Crippen LogP contribution >= 0.6 is 11.8 Å². The molecule has 1 aromatic carbocycles. The average molecular weight is 431 g/mol. The minimum Gasteiger partial charge on any atom is -0.344 e. The highest BCUT2D eigenvalue weighted by atomic mass is 32.2. The molecule has 3 heterocycles. The molecule has 1 atom stereocenters. The quantitative estimate of drug-likeness (QED) is 0.803. The van der Waals surface area contributed by atoms with E-state index in [1.54, 1.807) is 11.8 Å². The number of para-hydroxylation sites is 1. The number of nitrogens with zero attached hydrogens (tertiary/aromatic N) is 3. The Morgan fingerprint density at radius 2 is 1.93 bits per heavy atom. The number of aromatic nitrogens is 1. The molecule has 0 bridgehead atoms. The zero-order chi connectivity index (χ0) is 20.8. The molecule has 2 aliphatic heterocycles. The normalized spacial score (nSPS) is 22.6. The van der Waals surface area contributed by atoms with E-state index >= 15 is 0 Å². The number of rotatable bonds is 3. The van der Waals surface area contributed by atoms with Crippen LogP contribution in [0, 0.1) is 27.7 Å². The molecule has 0 amide bonds. The number of amidine groups is 1. The number of hydrogen-bond acceptors (Lipinski definition) is 5. The van der Waals surface area contributed by atoms with Gasteiger partial charge in [-0.2, -0.15) is 5.10 Å². The lowest BCUT2D eigenvalue weighted by Crippen LogP contribution is -2.25. The van der Waals surface area contributed by atoms with Gasteiger partial charge in [-0.3, -0.25) is 5.43 Å². The largest absolute Gasteiger partial charge is 0.344 e. The highest BCUT2D eigenvalue weighted by Gasteiger charge is 2.31. The molecule has 0 spiro atoms. The summed E-state index contributed by atoms with van der Waals surface area (Å²) in [5, 5.41) is 5.38. The van der Waals surface area contributed by atoms with E-state index in [0.29, 0.717) is 6.42 Å². The summed E-state index contributed by atoms with van der Waals surface area (Å²) >= 11 is 1.64. The average Bonchev–Trinajstić information content (AvgIpc) is 3.17. The molecule has 6 nitrogen and oxygen atoms in total. The Labute approximate surface area is 176 Å². The summed E-state index contributed by atoms with van der Waals surface area (Å²) in [4.78, 5) is 4.76. The number of benzene rings is 1. The summed E-state index contributed by atoms with van der Waals surface area (Å²) in [5.41, 5.74) is 10.6. The van der Waals surface area contributed by atoms with Gasteiger partial charge in [0.05, 0.1) is 22.9 Å². The van der Waals surface area contributed by atoms with Crippen LogP contribution in [0.1, 0.15) is 40.5 Å². The van der Waals surface area contributed by atoms with Gasteiger partial charge in [0.1, 0.15) is 0 Å². The van der Waals surface area contributed by atoms with E-state index in [1.165, 1.54) is 0 Å². The molecule has 0 radical (unpaired) electrons. The number of sulfone groups is 1. The smallest absolute Gasteiger partial charge is 0.182 e. The summed E-state index contributed by atoms with van der Waals surface area (Å²) in [7, 11) is -2.92. The van der Waals surface area contributed by atoms with Crippen LogP contribution < -0.4 is 5.43 Å². The first-order valence-corrected chi connectivity index (χ1v) is 12.6. The van der Waals surface area contributed by atoms with Crippen LogP contribution in [0.5, 0.6) is 0 Å². The Hall–Kier alpha value is -2.06. The maximum atomic E-state index is 11.9. The SMILES string of the molecule is Cc1cccc(C)c1N=C1NN=C(c2cc(C)n([C@H]3CCS(=O)(=O)C3)c2C)CS1. The zero-order valence-electron chi connectivity index (χ0n) is 17.2. The fourth-order valence-electron chi connectivity index (χ4n) is 4.21. The molecular formula is C21H26N4O2S2. The Morgan fingerprint density at radius 1 is 1.21 bits per heavy atom. The van der Waals surface area contributed by atoms with E-state index in [9.17, 15) is 8.42 Å². The van der Waals surface area contributed by atoms with Crippen LogP contribution in [0.2, 0.25) is 0 Å². The monoisotopic (exact) mass is 430 g/mol. The molecule has 1 saturated heterocycles. The zero-order valence-corrected chi connectivity index (χ0v) is 18.8. The molecule has 29 heavy (non-hydrogen) atoms. The molecular weight excluding hydrogens is 404 g/mol. The van der Waals surface area contributed by atoms with E-state index in [2.05, 4.69) is 54.1 Å². The van der Waals surface area contributed by atoms with Crippen molar-refractivity contribution < 1.29 is 8.42 Å². The third-order valence-corrected chi connectivity index (χ3v) is 8.28. The number of hydrazone groups is 1. The van der Waals surface area contributed by atoms with Crippen molar-refractivity contribution in [2.75, 3.05) is 17.3 Å². The van der Waals surface area contributed by atoms with Crippen molar-refractivity contribution >= 4 is 38.2 Å². The van der Waals surface area contributed by atoms with Gasteiger partial charge in [0, 0.05) is 28.7 Å².